The number of rotatable bonds is 5. The van der Waals surface area contributed by atoms with Crippen molar-refractivity contribution < 1.29 is 10.0 Å². The van der Waals surface area contributed by atoms with Gasteiger partial charge in [0.05, 0.1) is 4.92 Å². The molecule has 106 valence electrons. The van der Waals surface area contributed by atoms with E-state index in [1.54, 1.807) is 13.0 Å². The maximum atomic E-state index is 10.7. The second-order valence-electron chi connectivity index (χ2n) is 5.63. The van der Waals surface area contributed by atoms with Gasteiger partial charge >= 0.3 is 0 Å². The number of nitrogens with one attached hydrogen (secondary N) is 1. The van der Waals surface area contributed by atoms with E-state index in [4.69, 9.17) is 5.11 Å². The minimum atomic E-state index is -0.443. The average molecular weight is 267 g/mol. The van der Waals surface area contributed by atoms with Gasteiger partial charge in [-0.25, -0.2) is 4.98 Å². The van der Waals surface area contributed by atoms with Crippen LogP contribution in [0.25, 0.3) is 0 Å². The number of nitrogens with zero attached hydrogens (tertiary/aromatic N) is 2. The summed E-state index contributed by atoms with van der Waals surface area (Å²) in [6.45, 7) is 7.90. The lowest BCUT2D eigenvalue weighted by Crippen LogP contribution is -2.35. The van der Waals surface area contributed by atoms with Crippen molar-refractivity contribution >= 4 is 11.5 Å². The molecule has 0 bridgehead atoms. The molecule has 6 nitrogen and oxygen atoms in total. The summed E-state index contributed by atoms with van der Waals surface area (Å²) in [5, 5.41) is 23.1. The van der Waals surface area contributed by atoms with Crippen molar-refractivity contribution in [2.75, 3.05) is 11.9 Å². The number of aryl methyl sites for hydroxylation is 1. The highest BCUT2D eigenvalue weighted by atomic mass is 16.6. The third kappa shape index (κ3) is 4.17. The molecule has 1 aromatic heterocycles. The Kier molecular flexibility index (Phi) is 4.83. The van der Waals surface area contributed by atoms with Gasteiger partial charge in [0, 0.05) is 18.7 Å². The molecule has 1 rings (SSSR count). The molecule has 0 aliphatic heterocycles. The Bertz CT molecular complexity index is 455. The van der Waals surface area contributed by atoms with Gasteiger partial charge in [-0.05, 0) is 24.8 Å². The highest BCUT2D eigenvalue weighted by Crippen LogP contribution is 2.26. The maximum absolute atomic E-state index is 10.7. The fourth-order valence-corrected chi connectivity index (χ4v) is 1.86. The Morgan fingerprint density at radius 3 is 2.53 bits per heavy atom. The summed E-state index contributed by atoms with van der Waals surface area (Å²) in [7, 11) is 0. The van der Waals surface area contributed by atoms with E-state index in [1.807, 2.05) is 0 Å². The lowest BCUT2D eigenvalue weighted by atomic mass is 9.85. The molecule has 1 unspecified atom stereocenters. The minimum absolute atomic E-state index is 0.0139. The van der Waals surface area contributed by atoms with Gasteiger partial charge in [-0.2, -0.15) is 0 Å². The second-order valence-corrected chi connectivity index (χ2v) is 5.63. The van der Waals surface area contributed by atoms with Crippen LogP contribution >= 0.6 is 0 Å². The van der Waals surface area contributed by atoms with Crippen molar-refractivity contribution in [2.24, 2.45) is 5.41 Å². The molecule has 0 fully saturated rings. The summed E-state index contributed by atoms with van der Waals surface area (Å²) in [5.74, 6) is 0.594. The molecule has 0 aliphatic rings. The molecular weight excluding hydrogens is 246 g/mol. The van der Waals surface area contributed by atoms with Gasteiger partial charge in [0.25, 0.3) is 5.69 Å². The zero-order chi connectivity index (χ0) is 14.6. The van der Waals surface area contributed by atoms with Crippen LogP contribution in [-0.4, -0.2) is 27.7 Å². The monoisotopic (exact) mass is 267 g/mol. The molecule has 1 atom stereocenters. The molecule has 0 saturated heterocycles. The topological polar surface area (TPSA) is 88.3 Å². The third-order valence-corrected chi connectivity index (χ3v) is 3.04. The van der Waals surface area contributed by atoms with Crippen molar-refractivity contribution in [1.82, 2.24) is 4.98 Å². The molecule has 0 saturated carbocycles. The average Bonchev–Trinajstić information content (AvgIpc) is 2.26. The van der Waals surface area contributed by atoms with Crippen LogP contribution in [-0.2, 0) is 0 Å². The number of anilines is 1. The number of nitro groups is 1. The van der Waals surface area contributed by atoms with E-state index in [0.717, 1.165) is 0 Å². The molecule has 0 radical (unpaired) electrons. The van der Waals surface area contributed by atoms with Gasteiger partial charge in [-0.1, -0.05) is 20.8 Å². The van der Waals surface area contributed by atoms with E-state index >= 15 is 0 Å². The Morgan fingerprint density at radius 1 is 1.47 bits per heavy atom. The quantitative estimate of drug-likeness (QED) is 0.632. The van der Waals surface area contributed by atoms with Crippen LogP contribution in [0.3, 0.4) is 0 Å². The maximum Gasteiger partial charge on any atom is 0.290 e. The van der Waals surface area contributed by atoms with Crippen LogP contribution in [0, 0.1) is 22.5 Å². The Labute approximate surface area is 113 Å². The molecule has 0 amide bonds. The Balaban J connectivity index is 2.92. The largest absolute Gasteiger partial charge is 0.396 e. The zero-order valence-corrected chi connectivity index (χ0v) is 11.8. The molecule has 6 heteroatoms. The second kappa shape index (κ2) is 5.97. The van der Waals surface area contributed by atoms with Crippen LogP contribution in [0.15, 0.2) is 12.1 Å². The summed E-state index contributed by atoms with van der Waals surface area (Å²) in [6.07, 6.45) is 0.598. The van der Waals surface area contributed by atoms with Gasteiger partial charge in [0.15, 0.2) is 0 Å². The molecule has 1 aromatic rings. The highest BCUT2D eigenvalue weighted by molar-refractivity contribution is 5.45. The number of pyridine rings is 1. The van der Waals surface area contributed by atoms with Crippen molar-refractivity contribution in [1.29, 1.82) is 0 Å². The van der Waals surface area contributed by atoms with E-state index in [2.05, 4.69) is 31.1 Å². The minimum Gasteiger partial charge on any atom is -0.396 e. The van der Waals surface area contributed by atoms with Crippen LogP contribution < -0.4 is 5.32 Å². The number of aliphatic hydroxyl groups is 1. The SMILES string of the molecule is Cc1nc(NC(CCO)C(C)(C)C)ccc1[N+](=O)[O-]. The molecule has 19 heavy (non-hydrogen) atoms. The normalized spacial score (nSPS) is 13.1. The first-order valence-electron chi connectivity index (χ1n) is 6.25. The van der Waals surface area contributed by atoms with E-state index in [9.17, 15) is 10.1 Å². The lowest BCUT2D eigenvalue weighted by molar-refractivity contribution is -0.385. The Hall–Kier alpha value is -1.69. The van der Waals surface area contributed by atoms with Crippen molar-refractivity contribution in [3.05, 3.63) is 27.9 Å². The molecule has 0 spiro atoms. The van der Waals surface area contributed by atoms with E-state index in [1.165, 1.54) is 6.07 Å². The van der Waals surface area contributed by atoms with Crippen LogP contribution in [0.1, 0.15) is 32.9 Å². The van der Waals surface area contributed by atoms with Crippen molar-refractivity contribution in [3.8, 4) is 0 Å². The van der Waals surface area contributed by atoms with E-state index in [0.29, 0.717) is 17.9 Å². The summed E-state index contributed by atoms with van der Waals surface area (Å²) in [5.41, 5.74) is 0.353. The van der Waals surface area contributed by atoms with Crippen LogP contribution in [0.4, 0.5) is 11.5 Å². The van der Waals surface area contributed by atoms with Crippen LogP contribution in [0.2, 0.25) is 0 Å². The van der Waals surface area contributed by atoms with Gasteiger partial charge in [0.1, 0.15) is 11.5 Å². The first-order valence-corrected chi connectivity index (χ1v) is 6.25. The summed E-state index contributed by atoms with van der Waals surface area (Å²) in [4.78, 5) is 14.5. The van der Waals surface area contributed by atoms with E-state index in [-0.39, 0.29) is 23.8 Å². The first kappa shape index (κ1) is 15.4. The summed E-state index contributed by atoms with van der Waals surface area (Å²) < 4.78 is 0. The van der Waals surface area contributed by atoms with Gasteiger partial charge in [-0.3, -0.25) is 10.1 Å². The molecule has 0 aromatic carbocycles. The number of aromatic nitrogens is 1. The fraction of sp³-hybridized carbons (Fsp3) is 0.615. The van der Waals surface area contributed by atoms with Gasteiger partial charge in [0.2, 0.25) is 0 Å². The van der Waals surface area contributed by atoms with Gasteiger partial charge < -0.3 is 10.4 Å². The predicted octanol–water partition coefficient (Wildman–Crippen LogP) is 2.51. The summed E-state index contributed by atoms with van der Waals surface area (Å²) >= 11 is 0. The smallest absolute Gasteiger partial charge is 0.290 e. The third-order valence-electron chi connectivity index (χ3n) is 3.04. The highest BCUT2D eigenvalue weighted by Gasteiger charge is 2.24. The number of aliphatic hydroxyl groups excluding tert-OH is 1. The van der Waals surface area contributed by atoms with Gasteiger partial charge in [-0.15, -0.1) is 0 Å². The zero-order valence-electron chi connectivity index (χ0n) is 11.8. The predicted molar refractivity (Wildman–Crippen MR) is 74.2 cm³/mol. The number of hydrogen-bond donors (Lipinski definition) is 2. The first-order chi connectivity index (χ1) is 8.75. The lowest BCUT2D eigenvalue weighted by Gasteiger charge is -2.31. The molecule has 2 N–H and O–H groups in total. The summed E-state index contributed by atoms with van der Waals surface area (Å²) in [6, 6.07) is 3.09. The standard InChI is InChI=1S/C13H21N3O3/c1-9-10(16(18)19)5-6-12(14-9)15-11(7-8-17)13(2,3)4/h5-6,11,17H,7-8H2,1-4H3,(H,14,15). The van der Waals surface area contributed by atoms with Crippen molar-refractivity contribution in [3.63, 3.8) is 0 Å². The molecule has 1 heterocycles. The Morgan fingerprint density at radius 2 is 2.11 bits per heavy atom. The van der Waals surface area contributed by atoms with Crippen molar-refractivity contribution in [2.45, 2.75) is 40.2 Å². The van der Waals surface area contributed by atoms with E-state index < -0.39 is 4.92 Å². The molecular formula is C13H21N3O3. The van der Waals surface area contributed by atoms with Crippen LogP contribution in [0.5, 0.6) is 0 Å². The fourth-order valence-electron chi connectivity index (χ4n) is 1.86. The molecule has 0 aliphatic carbocycles. The number of hydrogen-bond acceptors (Lipinski definition) is 5.